The Morgan fingerprint density at radius 3 is 2.47 bits per heavy atom. The Hall–Kier alpha value is -1.08. The van der Waals surface area contributed by atoms with Crippen molar-refractivity contribution in [3.63, 3.8) is 0 Å². The predicted octanol–water partition coefficient (Wildman–Crippen LogP) is 2.41. The van der Waals surface area contributed by atoms with Gasteiger partial charge in [-0.2, -0.15) is 0 Å². The highest BCUT2D eigenvalue weighted by molar-refractivity contribution is 8.13. The van der Waals surface area contributed by atoms with E-state index in [1.807, 2.05) is 0 Å². The van der Waals surface area contributed by atoms with E-state index in [1.54, 1.807) is 0 Å². The number of phenolic OH excluding ortho intramolecular Hbond substituents is 1. The van der Waals surface area contributed by atoms with E-state index in [2.05, 4.69) is 0 Å². The summed E-state index contributed by atoms with van der Waals surface area (Å²) in [5.74, 6) is -1.52. The first kappa shape index (κ1) is 14.0. The van der Waals surface area contributed by atoms with Crippen molar-refractivity contribution in [3.05, 3.63) is 23.3 Å². The molecule has 0 aliphatic heterocycles. The van der Waals surface area contributed by atoms with Crippen molar-refractivity contribution in [1.82, 2.24) is 0 Å². The van der Waals surface area contributed by atoms with Gasteiger partial charge in [0.25, 0.3) is 6.43 Å². The number of rotatable bonds is 4. The van der Waals surface area contributed by atoms with E-state index < -0.39 is 32.5 Å². The van der Waals surface area contributed by atoms with Crippen molar-refractivity contribution in [3.8, 4) is 11.5 Å². The number of benzene rings is 1. The van der Waals surface area contributed by atoms with Crippen LogP contribution in [0.25, 0.3) is 0 Å². The number of halogens is 3. The van der Waals surface area contributed by atoms with E-state index in [1.165, 1.54) is 7.11 Å². The minimum Gasteiger partial charge on any atom is -0.507 e. The van der Waals surface area contributed by atoms with Crippen LogP contribution in [0.4, 0.5) is 8.78 Å². The van der Waals surface area contributed by atoms with E-state index in [0.29, 0.717) is 0 Å². The maximum atomic E-state index is 12.6. The number of ether oxygens (including phenoxy) is 1. The lowest BCUT2D eigenvalue weighted by atomic mass is 10.1. The van der Waals surface area contributed by atoms with Crippen LogP contribution in [0.2, 0.25) is 0 Å². The molecule has 1 rings (SSSR count). The number of methoxy groups -OCH3 is 1. The van der Waals surface area contributed by atoms with Gasteiger partial charge in [-0.15, -0.1) is 0 Å². The molecular weight excluding hydrogens is 278 g/mol. The average molecular weight is 287 g/mol. The third-order valence-electron chi connectivity index (χ3n) is 1.99. The van der Waals surface area contributed by atoms with Gasteiger partial charge in [-0.05, 0) is 12.1 Å². The molecule has 0 amide bonds. The second kappa shape index (κ2) is 5.05. The Bertz CT molecular complexity index is 516. The SMILES string of the molecule is COc1cc(CS(=O)(=O)Cl)c(O)c(C(F)F)c1. The molecule has 96 valence electrons. The zero-order valence-electron chi connectivity index (χ0n) is 8.65. The van der Waals surface area contributed by atoms with Crippen molar-refractivity contribution in [2.75, 3.05) is 7.11 Å². The maximum Gasteiger partial charge on any atom is 0.267 e. The molecule has 0 heterocycles. The number of hydrogen-bond acceptors (Lipinski definition) is 4. The first-order chi connectivity index (χ1) is 7.74. The second-order valence-electron chi connectivity index (χ2n) is 3.21. The van der Waals surface area contributed by atoms with Crippen LogP contribution in [0, 0.1) is 0 Å². The smallest absolute Gasteiger partial charge is 0.267 e. The van der Waals surface area contributed by atoms with Gasteiger partial charge >= 0.3 is 0 Å². The predicted molar refractivity (Wildman–Crippen MR) is 58.1 cm³/mol. The molecule has 0 spiro atoms. The fourth-order valence-electron chi connectivity index (χ4n) is 1.27. The number of alkyl halides is 2. The third kappa shape index (κ3) is 3.71. The highest BCUT2D eigenvalue weighted by Crippen LogP contribution is 2.36. The van der Waals surface area contributed by atoms with Crippen molar-refractivity contribution >= 4 is 19.7 Å². The highest BCUT2D eigenvalue weighted by Gasteiger charge is 2.20. The lowest BCUT2D eigenvalue weighted by Gasteiger charge is -2.11. The summed E-state index contributed by atoms with van der Waals surface area (Å²) in [6.45, 7) is 0. The molecule has 4 nitrogen and oxygen atoms in total. The fraction of sp³-hybridized carbons (Fsp3) is 0.333. The van der Waals surface area contributed by atoms with Crippen LogP contribution >= 0.6 is 10.7 Å². The van der Waals surface area contributed by atoms with Crippen molar-refractivity contribution in [2.24, 2.45) is 0 Å². The summed E-state index contributed by atoms with van der Waals surface area (Å²) < 4.78 is 51.6. The maximum absolute atomic E-state index is 12.6. The van der Waals surface area contributed by atoms with Crippen molar-refractivity contribution < 1.29 is 27.0 Å². The number of aromatic hydroxyl groups is 1. The molecule has 8 heteroatoms. The van der Waals surface area contributed by atoms with Crippen LogP contribution in [0.5, 0.6) is 11.5 Å². The van der Waals surface area contributed by atoms with Crippen LogP contribution in [-0.4, -0.2) is 20.6 Å². The Morgan fingerprint density at radius 1 is 1.47 bits per heavy atom. The van der Waals surface area contributed by atoms with E-state index in [-0.39, 0.29) is 11.3 Å². The molecule has 1 aromatic carbocycles. The van der Waals surface area contributed by atoms with Crippen LogP contribution < -0.4 is 4.74 Å². The van der Waals surface area contributed by atoms with Gasteiger partial charge in [0.2, 0.25) is 9.05 Å². The summed E-state index contributed by atoms with van der Waals surface area (Å²) in [5.41, 5.74) is -0.922. The lowest BCUT2D eigenvalue weighted by Crippen LogP contribution is -1.99. The van der Waals surface area contributed by atoms with Crippen LogP contribution in [0.1, 0.15) is 17.6 Å². The first-order valence-corrected chi connectivity index (χ1v) is 6.82. The van der Waals surface area contributed by atoms with E-state index in [0.717, 1.165) is 12.1 Å². The normalized spacial score (nSPS) is 11.8. The van der Waals surface area contributed by atoms with Gasteiger partial charge in [-0.3, -0.25) is 0 Å². The minimum atomic E-state index is -3.96. The molecule has 0 saturated heterocycles. The molecule has 0 bridgehead atoms. The first-order valence-electron chi connectivity index (χ1n) is 4.35. The molecule has 0 aliphatic rings. The monoisotopic (exact) mass is 286 g/mol. The number of phenols is 1. The van der Waals surface area contributed by atoms with Crippen LogP contribution in [0.15, 0.2) is 12.1 Å². The summed E-state index contributed by atoms with van der Waals surface area (Å²) >= 11 is 0. The van der Waals surface area contributed by atoms with Gasteiger partial charge in [0, 0.05) is 16.2 Å². The van der Waals surface area contributed by atoms with Gasteiger partial charge in [-0.1, -0.05) is 0 Å². The van der Waals surface area contributed by atoms with Gasteiger partial charge in [0.05, 0.1) is 18.4 Å². The average Bonchev–Trinajstić information content (AvgIpc) is 2.18. The van der Waals surface area contributed by atoms with E-state index in [9.17, 15) is 22.3 Å². The minimum absolute atomic E-state index is 0.0217. The summed E-state index contributed by atoms with van der Waals surface area (Å²) in [5, 5.41) is 9.48. The van der Waals surface area contributed by atoms with Crippen molar-refractivity contribution in [1.29, 1.82) is 0 Å². The Balaban J connectivity index is 3.34. The molecular formula is C9H9ClF2O4S. The topological polar surface area (TPSA) is 63.6 Å². The van der Waals surface area contributed by atoms with Gasteiger partial charge < -0.3 is 9.84 Å². The molecule has 0 radical (unpaired) electrons. The van der Waals surface area contributed by atoms with Crippen LogP contribution in [0.3, 0.4) is 0 Å². The lowest BCUT2D eigenvalue weighted by molar-refractivity contribution is 0.147. The Labute approximate surface area is 101 Å². The quantitative estimate of drug-likeness (QED) is 0.863. The molecule has 0 unspecified atom stereocenters. The van der Waals surface area contributed by atoms with Crippen molar-refractivity contribution in [2.45, 2.75) is 12.2 Å². The van der Waals surface area contributed by atoms with Gasteiger partial charge in [-0.25, -0.2) is 17.2 Å². The zero-order valence-corrected chi connectivity index (χ0v) is 10.2. The fourth-order valence-corrected chi connectivity index (χ4v) is 2.21. The van der Waals surface area contributed by atoms with E-state index >= 15 is 0 Å². The number of hydrogen-bond donors (Lipinski definition) is 1. The van der Waals surface area contributed by atoms with Gasteiger partial charge in [0.15, 0.2) is 0 Å². The molecule has 0 saturated carbocycles. The third-order valence-corrected chi connectivity index (χ3v) is 2.97. The molecule has 0 fully saturated rings. The summed E-state index contributed by atoms with van der Waals surface area (Å²) in [4.78, 5) is 0. The summed E-state index contributed by atoms with van der Waals surface area (Å²) in [6.07, 6.45) is -2.94. The highest BCUT2D eigenvalue weighted by atomic mass is 35.7. The molecule has 17 heavy (non-hydrogen) atoms. The summed E-state index contributed by atoms with van der Waals surface area (Å²) in [7, 11) is 2.28. The zero-order chi connectivity index (χ0) is 13.2. The van der Waals surface area contributed by atoms with E-state index in [4.69, 9.17) is 15.4 Å². The molecule has 1 aromatic rings. The second-order valence-corrected chi connectivity index (χ2v) is 5.99. The standard InChI is InChI=1S/C9H9ClF2O4S/c1-16-6-2-5(4-17(10,14)15)8(13)7(3-6)9(11)12/h2-3,9,13H,4H2,1H3. The molecule has 0 aliphatic carbocycles. The molecule has 0 atom stereocenters. The molecule has 1 N–H and O–H groups in total. The molecule has 0 aromatic heterocycles. The Morgan fingerprint density at radius 2 is 2.06 bits per heavy atom. The largest absolute Gasteiger partial charge is 0.507 e. The van der Waals surface area contributed by atoms with Crippen LogP contribution in [-0.2, 0) is 14.8 Å². The Kier molecular flexibility index (Phi) is 4.16. The summed E-state index contributed by atoms with van der Waals surface area (Å²) in [6, 6.07) is 2.07. The van der Waals surface area contributed by atoms with Gasteiger partial charge in [0.1, 0.15) is 11.5 Å².